The van der Waals surface area contributed by atoms with Gasteiger partial charge in [-0.1, -0.05) is 19.3 Å². The van der Waals surface area contributed by atoms with Gasteiger partial charge in [-0.25, -0.2) is 0 Å². The first-order chi connectivity index (χ1) is 7.31. The molecule has 1 aromatic rings. The fraction of sp³-hybridized carbons (Fsp3) is 0.583. The molecule has 1 aliphatic rings. The minimum absolute atomic E-state index is 0.599. The molecule has 0 N–H and O–H groups in total. The Labute approximate surface area is 99.2 Å². The molecule has 0 radical (unpaired) electrons. The Balaban J connectivity index is 2.25. The Morgan fingerprint density at radius 2 is 2.07 bits per heavy atom. The second kappa shape index (κ2) is 4.97. The van der Waals surface area contributed by atoms with Crippen LogP contribution in [0, 0.1) is 0 Å². The number of nitrogens with zero attached hydrogens (tertiary/aromatic N) is 1. The summed E-state index contributed by atoms with van der Waals surface area (Å²) in [5, 5.41) is 0. The quantitative estimate of drug-likeness (QED) is 0.813. The van der Waals surface area contributed by atoms with Crippen LogP contribution in [-0.4, -0.2) is 12.1 Å². The fourth-order valence-electron chi connectivity index (χ4n) is 2.28. The van der Waals surface area contributed by atoms with Crippen molar-refractivity contribution in [1.29, 1.82) is 0 Å². The maximum Gasteiger partial charge on any atom is 0.141 e. The van der Waals surface area contributed by atoms with Crippen molar-refractivity contribution in [2.45, 2.75) is 38.0 Å². The second-order valence-corrected chi connectivity index (χ2v) is 4.99. The first-order valence-electron chi connectivity index (χ1n) is 5.50. The van der Waals surface area contributed by atoms with Crippen molar-refractivity contribution in [3.8, 4) is 5.75 Å². The van der Waals surface area contributed by atoms with Gasteiger partial charge in [-0.2, -0.15) is 0 Å². The van der Waals surface area contributed by atoms with E-state index in [1.807, 2.05) is 12.3 Å². The molecule has 1 saturated carbocycles. The van der Waals surface area contributed by atoms with Gasteiger partial charge in [0.25, 0.3) is 0 Å². The van der Waals surface area contributed by atoms with Gasteiger partial charge < -0.3 is 4.74 Å². The van der Waals surface area contributed by atoms with Gasteiger partial charge >= 0.3 is 0 Å². The zero-order chi connectivity index (χ0) is 10.7. The van der Waals surface area contributed by atoms with Crippen LogP contribution in [0.4, 0.5) is 0 Å². The SMILES string of the molecule is COc1cc(Br)cnc1C1CCCCC1. The predicted molar refractivity (Wildman–Crippen MR) is 64.3 cm³/mol. The minimum atomic E-state index is 0.599. The number of hydrogen-bond donors (Lipinski definition) is 0. The number of aromatic nitrogens is 1. The lowest BCUT2D eigenvalue weighted by Crippen LogP contribution is -2.08. The molecule has 1 aromatic heterocycles. The molecule has 2 nitrogen and oxygen atoms in total. The molecule has 2 rings (SSSR count). The zero-order valence-corrected chi connectivity index (χ0v) is 10.6. The molecule has 0 amide bonds. The third kappa shape index (κ3) is 2.51. The Bertz CT molecular complexity index is 334. The number of ether oxygens (including phenoxy) is 1. The smallest absolute Gasteiger partial charge is 0.141 e. The number of hydrogen-bond acceptors (Lipinski definition) is 2. The maximum absolute atomic E-state index is 5.39. The highest BCUT2D eigenvalue weighted by molar-refractivity contribution is 9.10. The molecule has 0 bridgehead atoms. The predicted octanol–water partition coefficient (Wildman–Crippen LogP) is 3.90. The second-order valence-electron chi connectivity index (χ2n) is 4.08. The average molecular weight is 270 g/mol. The van der Waals surface area contributed by atoms with E-state index in [4.69, 9.17) is 4.74 Å². The minimum Gasteiger partial charge on any atom is -0.495 e. The highest BCUT2D eigenvalue weighted by Gasteiger charge is 2.20. The maximum atomic E-state index is 5.39. The molecule has 15 heavy (non-hydrogen) atoms. The van der Waals surface area contributed by atoms with E-state index in [1.165, 1.54) is 32.1 Å². The average Bonchev–Trinajstić information content (AvgIpc) is 2.30. The van der Waals surface area contributed by atoms with Crippen molar-refractivity contribution < 1.29 is 4.74 Å². The lowest BCUT2D eigenvalue weighted by molar-refractivity contribution is 0.380. The van der Waals surface area contributed by atoms with Crippen molar-refractivity contribution in [2.75, 3.05) is 7.11 Å². The van der Waals surface area contributed by atoms with Gasteiger partial charge in [0.05, 0.1) is 12.8 Å². The van der Waals surface area contributed by atoms with E-state index in [9.17, 15) is 0 Å². The zero-order valence-electron chi connectivity index (χ0n) is 9.00. The molecular weight excluding hydrogens is 254 g/mol. The van der Waals surface area contributed by atoms with Gasteiger partial charge in [-0.3, -0.25) is 4.98 Å². The number of methoxy groups -OCH3 is 1. The molecule has 0 spiro atoms. The summed E-state index contributed by atoms with van der Waals surface area (Å²) in [7, 11) is 1.72. The van der Waals surface area contributed by atoms with E-state index in [-0.39, 0.29) is 0 Å². The molecule has 1 fully saturated rings. The largest absolute Gasteiger partial charge is 0.495 e. The van der Waals surface area contributed by atoms with Crippen LogP contribution in [0.1, 0.15) is 43.7 Å². The van der Waals surface area contributed by atoms with Crippen molar-refractivity contribution in [3.05, 3.63) is 22.4 Å². The van der Waals surface area contributed by atoms with Crippen LogP contribution < -0.4 is 4.74 Å². The van der Waals surface area contributed by atoms with Crippen LogP contribution in [0.5, 0.6) is 5.75 Å². The van der Waals surface area contributed by atoms with E-state index in [0.29, 0.717) is 5.92 Å². The van der Waals surface area contributed by atoms with Crippen molar-refractivity contribution in [3.63, 3.8) is 0 Å². The molecule has 1 aliphatic carbocycles. The Kier molecular flexibility index (Phi) is 3.62. The summed E-state index contributed by atoms with van der Waals surface area (Å²) in [6, 6.07) is 2.01. The van der Waals surface area contributed by atoms with Gasteiger partial charge in [-0.15, -0.1) is 0 Å². The van der Waals surface area contributed by atoms with Gasteiger partial charge in [0.15, 0.2) is 0 Å². The summed E-state index contributed by atoms with van der Waals surface area (Å²) in [5.41, 5.74) is 1.14. The summed E-state index contributed by atoms with van der Waals surface area (Å²) in [6.45, 7) is 0. The summed E-state index contributed by atoms with van der Waals surface area (Å²) in [5.74, 6) is 1.53. The van der Waals surface area contributed by atoms with E-state index in [2.05, 4.69) is 20.9 Å². The van der Waals surface area contributed by atoms with Crippen LogP contribution in [-0.2, 0) is 0 Å². The molecule has 0 aliphatic heterocycles. The topological polar surface area (TPSA) is 22.1 Å². The van der Waals surface area contributed by atoms with Crippen molar-refractivity contribution >= 4 is 15.9 Å². The van der Waals surface area contributed by atoms with E-state index >= 15 is 0 Å². The van der Waals surface area contributed by atoms with Crippen LogP contribution in [0.3, 0.4) is 0 Å². The van der Waals surface area contributed by atoms with E-state index < -0.39 is 0 Å². The number of halogens is 1. The fourth-order valence-corrected chi connectivity index (χ4v) is 2.59. The number of pyridine rings is 1. The Morgan fingerprint density at radius 1 is 1.33 bits per heavy atom. The van der Waals surface area contributed by atoms with Crippen LogP contribution in [0.15, 0.2) is 16.7 Å². The summed E-state index contributed by atoms with van der Waals surface area (Å²) < 4.78 is 6.37. The van der Waals surface area contributed by atoms with Gasteiger partial charge in [0.2, 0.25) is 0 Å². The van der Waals surface area contributed by atoms with Crippen LogP contribution in [0.25, 0.3) is 0 Å². The Morgan fingerprint density at radius 3 is 2.73 bits per heavy atom. The molecule has 3 heteroatoms. The molecule has 0 atom stereocenters. The Hall–Kier alpha value is -0.570. The lowest BCUT2D eigenvalue weighted by Gasteiger charge is -2.22. The van der Waals surface area contributed by atoms with Crippen molar-refractivity contribution in [2.24, 2.45) is 0 Å². The summed E-state index contributed by atoms with van der Waals surface area (Å²) >= 11 is 3.42. The molecule has 0 saturated heterocycles. The molecular formula is C12H16BrNO. The van der Waals surface area contributed by atoms with Crippen LogP contribution in [0.2, 0.25) is 0 Å². The third-order valence-corrected chi connectivity index (χ3v) is 3.49. The highest BCUT2D eigenvalue weighted by atomic mass is 79.9. The third-order valence-electron chi connectivity index (χ3n) is 3.06. The first-order valence-corrected chi connectivity index (χ1v) is 6.30. The molecule has 82 valence electrons. The lowest BCUT2D eigenvalue weighted by atomic mass is 9.86. The standard InChI is InChI=1S/C12H16BrNO/c1-15-11-7-10(13)8-14-12(11)9-5-3-2-4-6-9/h7-9H,2-6H2,1H3. The van der Waals surface area contributed by atoms with Gasteiger partial charge in [0, 0.05) is 16.6 Å². The number of rotatable bonds is 2. The summed E-state index contributed by atoms with van der Waals surface area (Å²) in [6.07, 6.45) is 8.40. The normalized spacial score (nSPS) is 17.7. The van der Waals surface area contributed by atoms with Gasteiger partial charge in [0.1, 0.15) is 5.75 Å². The van der Waals surface area contributed by atoms with Crippen molar-refractivity contribution in [1.82, 2.24) is 4.98 Å². The van der Waals surface area contributed by atoms with E-state index in [0.717, 1.165) is 15.9 Å². The van der Waals surface area contributed by atoms with E-state index in [1.54, 1.807) is 7.11 Å². The molecule has 0 aromatic carbocycles. The monoisotopic (exact) mass is 269 g/mol. The van der Waals surface area contributed by atoms with Crippen LogP contribution >= 0.6 is 15.9 Å². The van der Waals surface area contributed by atoms with Gasteiger partial charge in [-0.05, 0) is 34.8 Å². The first kappa shape index (κ1) is 10.9. The molecule has 0 unspecified atom stereocenters. The molecule has 1 heterocycles. The highest BCUT2D eigenvalue weighted by Crippen LogP contribution is 2.36. The summed E-state index contributed by atoms with van der Waals surface area (Å²) in [4.78, 5) is 4.50.